The minimum atomic E-state index is -4.47. The molecule has 7 heteroatoms. The number of aryl methyl sites for hydroxylation is 3. The fraction of sp³-hybridized carbons (Fsp3) is 0.375. The van der Waals surface area contributed by atoms with Gasteiger partial charge in [-0.2, -0.15) is 18.3 Å². The second-order valence-electron chi connectivity index (χ2n) is 5.22. The first kappa shape index (κ1) is 17.1. The van der Waals surface area contributed by atoms with Crippen LogP contribution in [-0.2, 0) is 28.9 Å². The van der Waals surface area contributed by atoms with Gasteiger partial charge >= 0.3 is 12.1 Å². The number of hydrogen-bond donors (Lipinski definition) is 0. The number of nitrogens with zero attached hydrogens (tertiary/aromatic N) is 2. The number of carbonyl (C=O) groups is 1. The smallest absolute Gasteiger partial charge is 0.416 e. The van der Waals surface area contributed by atoms with Crippen molar-refractivity contribution in [3.63, 3.8) is 0 Å². The highest BCUT2D eigenvalue weighted by Crippen LogP contribution is 2.32. The molecule has 0 aliphatic carbocycles. The normalized spacial score (nSPS) is 11.5. The van der Waals surface area contributed by atoms with Crippen LogP contribution < -0.4 is 0 Å². The molecule has 1 heterocycles. The average molecular weight is 326 g/mol. The third-order valence-electron chi connectivity index (χ3n) is 3.34. The number of ether oxygens (including phenoxy) is 1. The van der Waals surface area contributed by atoms with Gasteiger partial charge in [0.25, 0.3) is 0 Å². The van der Waals surface area contributed by atoms with Gasteiger partial charge in [0.2, 0.25) is 0 Å². The minimum Gasteiger partial charge on any atom is -0.461 e. The lowest BCUT2D eigenvalue weighted by atomic mass is 10.1. The van der Waals surface area contributed by atoms with Crippen molar-refractivity contribution in [2.45, 2.75) is 39.6 Å². The molecule has 0 amide bonds. The van der Waals surface area contributed by atoms with Gasteiger partial charge in [-0.25, -0.2) is 0 Å². The Labute approximate surface area is 131 Å². The van der Waals surface area contributed by atoms with E-state index in [1.54, 1.807) is 4.68 Å². The number of hydrogen-bond acceptors (Lipinski definition) is 3. The number of benzene rings is 1. The molecule has 0 spiro atoms. The summed E-state index contributed by atoms with van der Waals surface area (Å²) in [5.41, 5.74) is 0.915. The van der Waals surface area contributed by atoms with Crippen molar-refractivity contribution in [1.29, 1.82) is 0 Å². The van der Waals surface area contributed by atoms with Crippen LogP contribution in [0, 0.1) is 13.8 Å². The van der Waals surface area contributed by atoms with Crippen molar-refractivity contribution in [3.8, 4) is 0 Å². The Morgan fingerprint density at radius 2 is 1.96 bits per heavy atom. The zero-order valence-electron chi connectivity index (χ0n) is 12.9. The molecule has 0 saturated carbocycles. The van der Waals surface area contributed by atoms with Crippen LogP contribution >= 0.6 is 0 Å². The molecule has 124 valence electrons. The molecule has 0 aliphatic rings. The van der Waals surface area contributed by atoms with Gasteiger partial charge in [-0.3, -0.25) is 9.48 Å². The van der Waals surface area contributed by atoms with Crippen LogP contribution in [-0.4, -0.2) is 15.7 Å². The molecule has 4 nitrogen and oxygen atoms in total. The summed E-state index contributed by atoms with van der Waals surface area (Å²) in [6.45, 7) is 3.64. The van der Waals surface area contributed by atoms with E-state index in [-0.39, 0.29) is 12.0 Å². The minimum absolute atomic E-state index is 0.0517. The Bertz CT molecular complexity index is 693. The lowest BCUT2D eigenvalue weighted by Gasteiger charge is -2.13. The molecule has 2 aromatic rings. The Morgan fingerprint density at radius 1 is 1.26 bits per heavy atom. The van der Waals surface area contributed by atoms with Crippen LogP contribution in [0.2, 0.25) is 0 Å². The standard InChI is InChI=1S/C16H17F3N2O2/c1-11-9-12(2)21(20-11)8-7-15(22)23-10-13-5-3-4-6-14(13)16(17,18)19/h3-6,9H,7-8,10H2,1-2H3. The lowest BCUT2D eigenvalue weighted by Crippen LogP contribution is -2.14. The lowest BCUT2D eigenvalue weighted by molar-refractivity contribution is -0.148. The fourth-order valence-electron chi connectivity index (χ4n) is 2.25. The molecule has 2 rings (SSSR count). The van der Waals surface area contributed by atoms with E-state index in [2.05, 4.69) is 5.10 Å². The first-order valence-electron chi connectivity index (χ1n) is 7.09. The number of rotatable bonds is 5. The molecule has 0 radical (unpaired) electrons. The third-order valence-corrected chi connectivity index (χ3v) is 3.34. The van der Waals surface area contributed by atoms with Crippen molar-refractivity contribution in [2.75, 3.05) is 0 Å². The number of carbonyl (C=O) groups excluding carboxylic acids is 1. The van der Waals surface area contributed by atoms with Crippen molar-refractivity contribution in [2.24, 2.45) is 0 Å². The molecule has 0 bridgehead atoms. The molecule has 1 aromatic heterocycles. The largest absolute Gasteiger partial charge is 0.461 e. The second kappa shape index (κ2) is 6.85. The Morgan fingerprint density at radius 3 is 2.57 bits per heavy atom. The van der Waals surface area contributed by atoms with Gasteiger partial charge in [0, 0.05) is 11.3 Å². The van der Waals surface area contributed by atoms with E-state index in [1.807, 2.05) is 19.9 Å². The molecule has 0 N–H and O–H groups in total. The molecule has 0 atom stereocenters. The summed E-state index contributed by atoms with van der Waals surface area (Å²) in [4.78, 5) is 11.7. The van der Waals surface area contributed by atoms with Crippen molar-refractivity contribution < 1.29 is 22.7 Å². The summed E-state index contributed by atoms with van der Waals surface area (Å²) < 4.78 is 45.1. The molecule has 0 aliphatic heterocycles. The molecule has 0 fully saturated rings. The summed E-state index contributed by atoms with van der Waals surface area (Å²) in [7, 11) is 0. The van der Waals surface area contributed by atoms with E-state index in [0.29, 0.717) is 6.54 Å². The predicted molar refractivity (Wildman–Crippen MR) is 77.6 cm³/mol. The van der Waals surface area contributed by atoms with Crippen LogP contribution in [0.4, 0.5) is 13.2 Å². The maximum Gasteiger partial charge on any atom is 0.416 e. The highest BCUT2D eigenvalue weighted by molar-refractivity contribution is 5.69. The maximum absolute atomic E-state index is 12.8. The van der Waals surface area contributed by atoms with Crippen molar-refractivity contribution in [1.82, 2.24) is 9.78 Å². The van der Waals surface area contributed by atoms with E-state index in [1.165, 1.54) is 18.2 Å². The quantitative estimate of drug-likeness (QED) is 0.788. The maximum atomic E-state index is 12.8. The van der Waals surface area contributed by atoms with Crippen LogP contribution in [0.1, 0.15) is 28.9 Å². The topological polar surface area (TPSA) is 44.1 Å². The molecule has 1 aromatic carbocycles. The highest BCUT2D eigenvalue weighted by atomic mass is 19.4. The second-order valence-corrected chi connectivity index (χ2v) is 5.22. The molecule has 23 heavy (non-hydrogen) atoms. The summed E-state index contributed by atoms with van der Waals surface area (Å²) in [5, 5.41) is 4.21. The molecule has 0 saturated heterocycles. The summed E-state index contributed by atoms with van der Waals surface area (Å²) in [5.74, 6) is -0.561. The number of esters is 1. The van der Waals surface area contributed by atoms with Crippen LogP contribution in [0.5, 0.6) is 0 Å². The first-order chi connectivity index (χ1) is 10.8. The van der Waals surface area contributed by atoms with E-state index in [0.717, 1.165) is 17.5 Å². The van der Waals surface area contributed by atoms with Gasteiger partial charge in [0.05, 0.1) is 24.2 Å². The van der Waals surface area contributed by atoms with Gasteiger partial charge in [0.1, 0.15) is 6.61 Å². The van der Waals surface area contributed by atoms with Crippen LogP contribution in [0.25, 0.3) is 0 Å². The van der Waals surface area contributed by atoms with Gasteiger partial charge < -0.3 is 4.74 Å². The van der Waals surface area contributed by atoms with Crippen molar-refractivity contribution in [3.05, 3.63) is 52.8 Å². The van der Waals surface area contributed by atoms with E-state index < -0.39 is 24.3 Å². The zero-order valence-corrected chi connectivity index (χ0v) is 12.9. The summed E-state index contributed by atoms with van der Waals surface area (Å²) >= 11 is 0. The Hall–Kier alpha value is -2.31. The van der Waals surface area contributed by atoms with E-state index in [9.17, 15) is 18.0 Å². The van der Waals surface area contributed by atoms with Gasteiger partial charge in [-0.1, -0.05) is 18.2 Å². The zero-order chi connectivity index (χ0) is 17.0. The summed E-state index contributed by atoms with van der Waals surface area (Å²) in [6.07, 6.45) is -4.41. The summed E-state index contributed by atoms with van der Waals surface area (Å²) in [6, 6.07) is 6.94. The van der Waals surface area contributed by atoms with Crippen molar-refractivity contribution >= 4 is 5.97 Å². The predicted octanol–water partition coefficient (Wildman–Crippen LogP) is 3.65. The van der Waals surface area contributed by atoms with Gasteiger partial charge in [0.15, 0.2) is 0 Å². The molecule has 0 unspecified atom stereocenters. The van der Waals surface area contributed by atoms with Crippen LogP contribution in [0.3, 0.4) is 0 Å². The monoisotopic (exact) mass is 326 g/mol. The van der Waals surface area contributed by atoms with Gasteiger partial charge in [-0.15, -0.1) is 0 Å². The fourth-order valence-corrected chi connectivity index (χ4v) is 2.25. The van der Waals surface area contributed by atoms with E-state index in [4.69, 9.17) is 4.74 Å². The van der Waals surface area contributed by atoms with E-state index >= 15 is 0 Å². The third kappa shape index (κ3) is 4.58. The molecular weight excluding hydrogens is 309 g/mol. The number of aromatic nitrogens is 2. The highest BCUT2D eigenvalue weighted by Gasteiger charge is 2.33. The number of halogens is 3. The van der Waals surface area contributed by atoms with Gasteiger partial charge in [-0.05, 0) is 26.0 Å². The molecular formula is C16H17F3N2O2. The Balaban J connectivity index is 1.91. The SMILES string of the molecule is Cc1cc(C)n(CCC(=O)OCc2ccccc2C(F)(F)F)n1. The Kier molecular flexibility index (Phi) is 5.08. The first-order valence-corrected chi connectivity index (χ1v) is 7.09. The van der Waals surface area contributed by atoms with Crippen LogP contribution in [0.15, 0.2) is 30.3 Å². The number of alkyl halides is 3. The average Bonchev–Trinajstić information content (AvgIpc) is 2.80.